The summed E-state index contributed by atoms with van der Waals surface area (Å²) < 4.78 is 23.1. The molecule has 0 unspecified atom stereocenters. The lowest BCUT2D eigenvalue weighted by Crippen LogP contribution is -2.02. The molecule has 0 saturated carbocycles. The van der Waals surface area contributed by atoms with Gasteiger partial charge in [0.1, 0.15) is 11.5 Å². The van der Waals surface area contributed by atoms with Crippen LogP contribution in [0.2, 0.25) is 0 Å². The largest absolute Gasteiger partial charge is 0.350 e. The van der Waals surface area contributed by atoms with Crippen molar-refractivity contribution >= 4 is 32.7 Å². The van der Waals surface area contributed by atoms with E-state index in [1.54, 1.807) is 24.3 Å². The summed E-state index contributed by atoms with van der Waals surface area (Å²) in [4.78, 5) is 21.5. The molecule has 0 aliphatic heterocycles. The maximum Gasteiger partial charge on any atom is 0.293 e. The summed E-state index contributed by atoms with van der Waals surface area (Å²) in [5.74, 6) is 0.0442. The van der Waals surface area contributed by atoms with Crippen LogP contribution in [-0.4, -0.2) is 25.4 Å². The van der Waals surface area contributed by atoms with Gasteiger partial charge in [0, 0.05) is 24.4 Å². The second-order valence-electron chi connectivity index (χ2n) is 5.41. The zero-order valence-electron chi connectivity index (χ0n) is 13.1. The minimum absolute atomic E-state index is 0.0442. The zero-order valence-corrected chi connectivity index (χ0v) is 14.0. The number of benzene rings is 2. The molecule has 0 bridgehead atoms. The summed E-state index contributed by atoms with van der Waals surface area (Å²) in [5.41, 5.74) is 1.30. The Morgan fingerprint density at radius 2 is 1.79 bits per heavy atom. The molecule has 1 N–H and O–H groups in total. The number of nitrogens with one attached hydrogen (secondary N) is 1. The third kappa shape index (κ3) is 4.39. The highest BCUT2D eigenvalue weighted by Gasteiger charge is 2.18. The third-order valence-electron chi connectivity index (χ3n) is 3.28. The van der Waals surface area contributed by atoms with E-state index in [0.29, 0.717) is 12.1 Å². The Kier molecular flexibility index (Phi) is 4.99. The van der Waals surface area contributed by atoms with Crippen LogP contribution in [-0.2, 0) is 21.1 Å². The van der Waals surface area contributed by atoms with Crippen molar-refractivity contribution in [3.8, 4) is 0 Å². The van der Waals surface area contributed by atoms with E-state index in [1.807, 2.05) is 0 Å². The molecule has 0 aromatic heterocycles. The second-order valence-corrected chi connectivity index (χ2v) is 7.42. The first-order chi connectivity index (χ1) is 11.2. The molecule has 126 valence electrons. The topological polar surface area (TPSA) is 106 Å². The monoisotopic (exact) mass is 348 g/mol. The van der Waals surface area contributed by atoms with Crippen LogP contribution in [0.1, 0.15) is 12.5 Å². The standard InChI is InChI=1S/C16H16N2O5S/c1-11(19)9-12-3-5-13(6-4-12)17-15-8-7-14(24(2,22)23)10-16(15)18(20)21/h3-8,10,17H,9H2,1-2H3. The molecular weight excluding hydrogens is 332 g/mol. The fourth-order valence-corrected chi connectivity index (χ4v) is 2.79. The number of Topliss-reactive ketones (excluding diaryl/α,β-unsaturated/α-hetero) is 1. The quantitative estimate of drug-likeness (QED) is 0.635. The number of nitro groups is 1. The summed E-state index contributed by atoms with van der Waals surface area (Å²) in [7, 11) is -3.53. The highest BCUT2D eigenvalue weighted by Crippen LogP contribution is 2.30. The summed E-state index contributed by atoms with van der Waals surface area (Å²) in [6, 6.07) is 10.6. The Morgan fingerprint density at radius 3 is 2.29 bits per heavy atom. The predicted octanol–water partition coefficient (Wildman–Crippen LogP) is 2.87. The smallest absolute Gasteiger partial charge is 0.293 e. The van der Waals surface area contributed by atoms with Gasteiger partial charge in [0.2, 0.25) is 0 Å². The normalized spacial score (nSPS) is 11.1. The third-order valence-corrected chi connectivity index (χ3v) is 4.39. The van der Waals surface area contributed by atoms with E-state index in [-0.39, 0.29) is 22.1 Å². The fourth-order valence-electron chi connectivity index (χ4n) is 2.15. The van der Waals surface area contributed by atoms with E-state index in [0.717, 1.165) is 17.9 Å². The Balaban J connectivity index is 2.32. The van der Waals surface area contributed by atoms with Crippen molar-refractivity contribution in [2.75, 3.05) is 11.6 Å². The van der Waals surface area contributed by atoms with Crippen molar-refractivity contribution in [3.05, 3.63) is 58.1 Å². The van der Waals surface area contributed by atoms with Gasteiger partial charge >= 0.3 is 0 Å². The number of nitro benzene ring substituents is 1. The summed E-state index contributed by atoms with van der Waals surface area (Å²) in [5, 5.41) is 14.1. The minimum atomic E-state index is -3.53. The number of anilines is 2. The predicted molar refractivity (Wildman–Crippen MR) is 90.3 cm³/mol. The molecule has 0 aliphatic carbocycles. The molecule has 0 aliphatic rings. The second kappa shape index (κ2) is 6.79. The van der Waals surface area contributed by atoms with Crippen molar-refractivity contribution in [3.63, 3.8) is 0 Å². The average molecular weight is 348 g/mol. The van der Waals surface area contributed by atoms with Crippen LogP contribution >= 0.6 is 0 Å². The van der Waals surface area contributed by atoms with E-state index in [4.69, 9.17) is 0 Å². The Morgan fingerprint density at radius 1 is 1.17 bits per heavy atom. The molecule has 2 aromatic rings. The summed E-state index contributed by atoms with van der Waals surface area (Å²) in [6.45, 7) is 1.50. The van der Waals surface area contributed by atoms with Gasteiger partial charge in [-0.2, -0.15) is 0 Å². The van der Waals surface area contributed by atoms with Gasteiger partial charge in [0.05, 0.1) is 9.82 Å². The van der Waals surface area contributed by atoms with Gasteiger partial charge in [-0.1, -0.05) is 12.1 Å². The molecule has 0 spiro atoms. The molecule has 7 nitrogen and oxygen atoms in total. The molecule has 0 heterocycles. The van der Waals surface area contributed by atoms with Crippen LogP contribution in [0.4, 0.5) is 17.1 Å². The van der Waals surface area contributed by atoms with Gasteiger partial charge in [-0.3, -0.25) is 14.9 Å². The summed E-state index contributed by atoms with van der Waals surface area (Å²) >= 11 is 0. The molecule has 0 amide bonds. The van der Waals surface area contributed by atoms with Crippen LogP contribution in [0.5, 0.6) is 0 Å². The molecular formula is C16H16N2O5S. The van der Waals surface area contributed by atoms with Gasteiger partial charge in [-0.05, 0) is 36.8 Å². The Hall–Kier alpha value is -2.74. The minimum Gasteiger partial charge on any atom is -0.350 e. The van der Waals surface area contributed by atoms with Crippen LogP contribution in [0.3, 0.4) is 0 Å². The number of hydrogen-bond donors (Lipinski definition) is 1. The maximum atomic E-state index is 11.5. The highest BCUT2D eigenvalue weighted by molar-refractivity contribution is 7.90. The van der Waals surface area contributed by atoms with Crippen LogP contribution in [0.15, 0.2) is 47.4 Å². The lowest BCUT2D eigenvalue weighted by atomic mass is 10.1. The number of rotatable bonds is 6. The highest BCUT2D eigenvalue weighted by atomic mass is 32.2. The summed E-state index contributed by atoms with van der Waals surface area (Å²) in [6.07, 6.45) is 1.32. The molecule has 8 heteroatoms. The average Bonchev–Trinajstić information content (AvgIpc) is 2.47. The van der Waals surface area contributed by atoms with E-state index in [9.17, 15) is 23.3 Å². The van der Waals surface area contributed by atoms with Gasteiger partial charge in [-0.15, -0.1) is 0 Å². The molecule has 2 rings (SSSR count). The van der Waals surface area contributed by atoms with E-state index < -0.39 is 14.8 Å². The van der Waals surface area contributed by atoms with E-state index in [2.05, 4.69) is 5.32 Å². The number of sulfone groups is 1. The zero-order chi connectivity index (χ0) is 17.9. The maximum absolute atomic E-state index is 11.5. The Bertz CT molecular complexity index is 889. The molecule has 0 atom stereocenters. The van der Waals surface area contributed by atoms with Crippen LogP contribution in [0, 0.1) is 10.1 Å². The van der Waals surface area contributed by atoms with Gasteiger partial charge < -0.3 is 5.32 Å². The Labute approximate surface area is 139 Å². The lowest BCUT2D eigenvalue weighted by molar-refractivity contribution is -0.384. The number of hydrogen-bond acceptors (Lipinski definition) is 6. The van der Waals surface area contributed by atoms with Crippen molar-refractivity contribution in [2.45, 2.75) is 18.2 Å². The number of ketones is 1. The number of carbonyl (C=O) groups excluding carboxylic acids is 1. The van der Waals surface area contributed by atoms with Gasteiger partial charge in [0.15, 0.2) is 9.84 Å². The van der Waals surface area contributed by atoms with Crippen molar-refractivity contribution in [2.24, 2.45) is 0 Å². The molecule has 2 aromatic carbocycles. The van der Waals surface area contributed by atoms with Crippen molar-refractivity contribution in [1.82, 2.24) is 0 Å². The van der Waals surface area contributed by atoms with Crippen LogP contribution in [0.25, 0.3) is 0 Å². The fraction of sp³-hybridized carbons (Fsp3) is 0.188. The number of nitrogens with zero attached hydrogens (tertiary/aromatic N) is 1. The SMILES string of the molecule is CC(=O)Cc1ccc(Nc2ccc(S(C)(=O)=O)cc2[N+](=O)[O-])cc1. The molecule has 24 heavy (non-hydrogen) atoms. The van der Waals surface area contributed by atoms with E-state index >= 15 is 0 Å². The lowest BCUT2D eigenvalue weighted by Gasteiger charge is -2.09. The molecule has 0 fully saturated rings. The van der Waals surface area contributed by atoms with Crippen molar-refractivity contribution in [1.29, 1.82) is 0 Å². The van der Waals surface area contributed by atoms with Gasteiger partial charge in [0.25, 0.3) is 5.69 Å². The molecule has 0 saturated heterocycles. The van der Waals surface area contributed by atoms with Crippen LogP contribution < -0.4 is 5.32 Å². The molecule has 0 radical (unpaired) electrons. The van der Waals surface area contributed by atoms with Crippen molar-refractivity contribution < 1.29 is 18.1 Å². The first-order valence-electron chi connectivity index (χ1n) is 7.01. The first-order valence-corrected chi connectivity index (χ1v) is 8.90. The first kappa shape index (κ1) is 17.6. The van der Waals surface area contributed by atoms with E-state index in [1.165, 1.54) is 19.1 Å². The number of carbonyl (C=O) groups is 1. The van der Waals surface area contributed by atoms with Gasteiger partial charge in [-0.25, -0.2) is 8.42 Å².